The Hall–Kier alpha value is -2.10. The lowest BCUT2D eigenvalue weighted by atomic mass is 10.1. The molecule has 20 heavy (non-hydrogen) atoms. The van der Waals surface area contributed by atoms with E-state index in [4.69, 9.17) is 5.11 Å². The molecule has 4 nitrogen and oxygen atoms in total. The highest BCUT2D eigenvalue weighted by Crippen LogP contribution is 2.08. The van der Waals surface area contributed by atoms with Crippen molar-refractivity contribution in [1.29, 1.82) is 0 Å². The van der Waals surface area contributed by atoms with Gasteiger partial charge in [-0.2, -0.15) is 0 Å². The largest absolute Gasteiger partial charge is 0.478 e. The Morgan fingerprint density at radius 3 is 2.75 bits per heavy atom. The fourth-order valence-electron chi connectivity index (χ4n) is 1.68. The van der Waals surface area contributed by atoms with Crippen LogP contribution in [0.1, 0.15) is 37.8 Å². The Bertz CT molecular complexity index is 492. The van der Waals surface area contributed by atoms with Gasteiger partial charge in [-0.3, -0.25) is 4.79 Å². The first-order valence-corrected chi connectivity index (χ1v) is 6.74. The molecule has 0 unspecified atom stereocenters. The zero-order chi connectivity index (χ0) is 15.0. The highest BCUT2D eigenvalue weighted by molar-refractivity contribution is 5.85. The normalized spacial score (nSPS) is 10.9. The third-order valence-corrected chi connectivity index (χ3v) is 2.81. The molecular formula is C16H21NO3. The summed E-state index contributed by atoms with van der Waals surface area (Å²) >= 11 is 0. The molecule has 2 N–H and O–H groups in total. The molecule has 4 heteroatoms. The first-order valence-electron chi connectivity index (χ1n) is 6.74. The van der Waals surface area contributed by atoms with Gasteiger partial charge in [0.25, 0.3) is 0 Å². The van der Waals surface area contributed by atoms with Crippen molar-refractivity contribution in [1.82, 2.24) is 5.32 Å². The van der Waals surface area contributed by atoms with Crippen molar-refractivity contribution in [3.05, 3.63) is 41.5 Å². The maximum Gasteiger partial charge on any atom is 0.328 e. The number of amides is 1. The molecule has 1 rings (SSSR count). The third kappa shape index (κ3) is 6.73. The second-order valence-corrected chi connectivity index (χ2v) is 5.13. The molecule has 0 saturated heterocycles. The predicted molar refractivity (Wildman–Crippen MR) is 79.0 cm³/mol. The number of carbonyl (C=O) groups is 2. The van der Waals surface area contributed by atoms with E-state index in [1.807, 2.05) is 24.3 Å². The average Bonchev–Trinajstić information content (AvgIpc) is 2.41. The molecule has 0 bridgehead atoms. The summed E-state index contributed by atoms with van der Waals surface area (Å²) in [6.45, 7) is 4.64. The summed E-state index contributed by atoms with van der Waals surface area (Å²) in [5.41, 5.74) is 1.76. The molecule has 0 aliphatic heterocycles. The zero-order valence-corrected chi connectivity index (χ0v) is 11.9. The van der Waals surface area contributed by atoms with Crippen LogP contribution < -0.4 is 5.32 Å². The van der Waals surface area contributed by atoms with E-state index in [0.717, 1.165) is 23.6 Å². The number of carboxylic acid groups (broad SMARTS) is 1. The molecule has 0 saturated carbocycles. The molecular weight excluding hydrogens is 254 g/mol. The van der Waals surface area contributed by atoms with Crippen molar-refractivity contribution < 1.29 is 14.7 Å². The number of carbonyl (C=O) groups excluding carboxylic acids is 1. The Labute approximate surface area is 119 Å². The van der Waals surface area contributed by atoms with E-state index in [-0.39, 0.29) is 5.91 Å². The Morgan fingerprint density at radius 1 is 1.35 bits per heavy atom. The summed E-state index contributed by atoms with van der Waals surface area (Å²) in [6, 6.07) is 7.43. The van der Waals surface area contributed by atoms with Crippen LogP contribution >= 0.6 is 0 Å². The minimum atomic E-state index is -0.975. The van der Waals surface area contributed by atoms with Crippen LogP contribution in [0.5, 0.6) is 0 Å². The summed E-state index contributed by atoms with van der Waals surface area (Å²) in [5, 5.41) is 11.4. The minimum absolute atomic E-state index is 0.0465. The van der Waals surface area contributed by atoms with Crippen molar-refractivity contribution in [3.63, 3.8) is 0 Å². The molecule has 0 fully saturated rings. The summed E-state index contributed by atoms with van der Waals surface area (Å²) in [6.07, 6.45) is 4.05. The number of rotatable bonds is 7. The lowest BCUT2D eigenvalue weighted by Crippen LogP contribution is -2.22. The minimum Gasteiger partial charge on any atom is -0.478 e. The summed E-state index contributed by atoms with van der Waals surface area (Å²) < 4.78 is 0. The van der Waals surface area contributed by atoms with Gasteiger partial charge in [0.1, 0.15) is 0 Å². The first kappa shape index (κ1) is 16.0. The summed E-state index contributed by atoms with van der Waals surface area (Å²) in [5.74, 6) is -0.409. The maximum absolute atomic E-state index is 11.6. The van der Waals surface area contributed by atoms with Crippen molar-refractivity contribution in [2.24, 2.45) is 5.92 Å². The fourth-order valence-corrected chi connectivity index (χ4v) is 1.68. The second kappa shape index (κ2) is 8.15. The molecule has 0 spiro atoms. The van der Waals surface area contributed by atoms with Gasteiger partial charge in [-0.05, 0) is 35.6 Å². The lowest BCUT2D eigenvalue weighted by molar-refractivity contribution is -0.131. The predicted octanol–water partition coefficient (Wildman–Crippen LogP) is 2.84. The van der Waals surface area contributed by atoms with Crippen molar-refractivity contribution in [2.45, 2.75) is 33.2 Å². The van der Waals surface area contributed by atoms with Gasteiger partial charge in [-0.1, -0.05) is 32.0 Å². The molecule has 1 aromatic rings. The van der Waals surface area contributed by atoms with Gasteiger partial charge in [0.05, 0.1) is 0 Å². The van der Waals surface area contributed by atoms with Crippen LogP contribution in [0.3, 0.4) is 0 Å². The molecule has 1 aromatic carbocycles. The topological polar surface area (TPSA) is 66.4 Å². The van der Waals surface area contributed by atoms with Crippen molar-refractivity contribution >= 4 is 18.0 Å². The van der Waals surface area contributed by atoms with Crippen LogP contribution in [-0.4, -0.2) is 17.0 Å². The zero-order valence-electron chi connectivity index (χ0n) is 11.9. The van der Waals surface area contributed by atoms with Crippen molar-refractivity contribution in [2.75, 3.05) is 0 Å². The van der Waals surface area contributed by atoms with Gasteiger partial charge in [0.2, 0.25) is 5.91 Å². The Kier molecular flexibility index (Phi) is 6.50. The van der Waals surface area contributed by atoms with E-state index in [9.17, 15) is 9.59 Å². The molecule has 1 amide bonds. The highest BCUT2D eigenvalue weighted by Gasteiger charge is 2.03. The Balaban J connectivity index is 2.50. The average molecular weight is 275 g/mol. The SMILES string of the molecule is CC(C)CCC(=O)NCc1cccc(C=CC(=O)O)c1. The van der Waals surface area contributed by atoms with Gasteiger partial charge >= 0.3 is 5.97 Å². The van der Waals surface area contributed by atoms with E-state index in [1.165, 1.54) is 6.08 Å². The maximum atomic E-state index is 11.6. The molecule has 0 atom stereocenters. The van der Waals surface area contributed by atoms with Gasteiger partial charge in [-0.15, -0.1) is 0 Å². The van der Waals surface area contributed by atoms with Crippen LogP contribution in [0.25, 0.3) is 6.08 Å². The first-order chi connectivity index (χ1) is 9.47. The van der Waals surface area contributed by atoms with Crippen LogP contribution in [0.4, 0.5) is 0 Å². The van der Waals surface area contributed by atoms with Gasteiger partial charge in [-0.25, -0.2) is 4.79 Å². The van der Waals surface area contributed by atoms with E-state index in [0.29, 0.717) is 18.9 Å². The number of carboxylic acids is 1. The molecule has 0 aliphatic carbocycles. The number of benzene rings is 1. The highest BCUT2D eigenvalue weighted by atomic mass is 16.4. The van der Waals surface area contributed by atoms with Crippen molar-refractivity contribution in [3.8, 4) is 0 Å². The van der Waals surface area contributed by atoms with E-state index >= 15 is 0 Å². The number of hydrogen-bond donors (Lipinski definition) is 2. The van der Waals surface area contributed by atoms with Gasteiger partial charge in [0, 0.05) is 19.0 Å². The monoisotopic (exact) mass is 275 g/mol. The Morgan fingerprint density at radius 2 is 2.10 bits per heavy atom. The van der Waals surface area contributed by atoms with Crippen LogP contribution in [0, 0.1) is 5.92 Å². The lowest BCUT2D eigenvalue weighted by Gasteiger charge is -2.07. The van der Waals surface area contributed by atoms with Gasteiger partial charge < -0.3 is 10.4 Å². The van der Waals surface area contributed by atoms with Crippen LogP contribution in [0.15, 0.2) is 30.3 Å². The molecule has 0 aliphatic rings. The molecule has 0 aromatic heterocycles. The summed E-state index contributed by atoms with van der Waals surface area (Å²) in [4.78, 5) is 22.1. The number of hydrogen-bond acceptors (Lipinski definition) is 2. The van der Waals surface area contributed by atoms with Crippen LogP contribution in [-0.2, 0) is 16.1 Å². The molecule has 108 valence electrons. The van der Waals surface area contributed by atoms with E-state index in [1.54, 1.807) is 0 Å². The quantitative estimate of drug-likeness (QED) is 0.752. The van der Waals surface area contributed by atoms with E-state index < -0.39 is 5.97 Å². The fraction of sp³-hybridized carbons (Fsp3) is 0.375. The molecule has 0 radical (unpaired) electrons. The van der Waals surface area contributed by atoms with Gasteiger partial charge in [0.15, 0.2) is 0 Å². The smallest absolute Gasteiger partial charge is 0.328 e. The third-order valence-electron chi connectivity index (χ3n) is 2.81. The van der Waals surface area contributed by atoms with Crippen LogP contribution in [0.2, 0.25) is 0 Å². The molecule has 0 heterocycles. The van der Waals surface area contributed by atoms with E-state index in [2.05, 4.69) is 19.2 Å². The number of aliphatic carboxylic acids is 1. The summed E-state index contributed by atoms with van der Waals surface area (Å²) in [7, 11) is 0. The standard InChI is InChI=1S/C16H21NO3/c1-12(2)6-8-15(18)17-11-14-5-3-4-13(10-14)7-9-16(19)20/h3-5,7,9-10,12H,6,8,11H2,1-2H3,(H,17,18)(H,19,20). The second-order valence-electron chi connectivity index (χ2n) is 5.13. The number of nitrogens with one attached hydrogen (secondary N) is 1.